The number of allylic oxidation sites excluding steroid dienone is 4. The Labute approximate surface area is 77.0 Å². The van der Waals surface area contributed by atoms with Crippen molar-refractivity contribution >= 4 is 33.8 Å². The molecule has 0 saturated carbocycles. The zero-order chi connectivity index (χ0) is 8.48. The van der Waals surface area contributed by atoms with E-state index in [1.807, 2.05) is 0 Å². The number of hydrogen-bond acceptors (Lipinski definition) is 1. The molecule has 0 fully saturated rings. The monoisotopic (exact) mass is 238 g/mol. The van der Waals surface area contributed by atoms with Gasteiger partial charge < -0.3 is 4.79 Å². The fourth-order valence-corrected chi connectivity index (χ4v) is 1.66. The van der Waals surface area contributed by atoms with Gasteiger partial charge >= 0.3 is 0 Å². The molecule has 2 atom stereocenters. The molecule has 1 aliphatic rings. The minimum atomic E-state index is -1.82. The number of carbonyl (C=O) groups excluding carboxylic acids is 1. The number of hydrogen-bond donors (Lipinski definition) is 0. The highest BCUT2D eigenvalue weighted by molar-refractivity contribution is 9.10. The average molecular weight is 239 g/mol. The first-order valence-corrected chi connectivity index (χ1v) is 4.13. The fraction of sp³-hybridized carbons (Fsp3) is 0.286. The van der Waals surface area contributed by atoms with E-state index < -0.39 is 10.5 Å². The molecular formula is C7H5BrClFO. The quantitative estimate of drug-likeness (QED) is 0.508. The minimum Gasteiger partial charge on any atom is -0.303 e. The molecule has 2 unspecified atom stereocenters. The standard InChI is InChI=1S/C7H5BrClFO/c8-7(10)3-6(9)2-1-5(7)4-11/h1-5H. The third kappa shape index (κ3) is 1.91. The SMILES string of the molecule is O=CC1C=CC(Cl)=CC1(F)Br. The lowest BCUT2D eigenvalue weighted by Gasteiger charge is -2.21. The summed E-state index contributed by atoms with van der Waals surface area (Å²) in [6, 6.07) is 0. The van der Waals surface area contributed by atoms with E-state index in [4.69, 9.17) is 11.6 Å². The lowest BCUT2D eigenvalue weighted by Crippen LogP contribution is -2.25. The summed E-state index contributed by atoms with van der Waals surface area (Å²) in [5.74, 6) is -0.787. The first-order valence-electron chi connectivity index (χ1n) is 2.96. The van der Waals surface area contributed by atoms with Gasteiger partial charge in [-0.2, -0.15) is 0 Å². The molecule has 4 heteroatoms. The molecule has 0 aromatic heterocycles. The predicted molar refractivity (Wildman–Crippen MR) is 45.4 cm³/mol. The second-order valence-electron chi connectivity index (χ2n) is 2.22. The van der Waals surface area contributed by atoms with Crippen LogP contribution in [-0.4, -0.2) is 10.9 Å². The zero-order valence-electron chi connectivity index (χ0n) is 5.43. The van der Waals surface area contributed by atoms with Crippen LogP contribution in [0.5, 0.6) is 0 Å². The summed E-state index contributed by atoms with van der Waals surface area (Å²) >= 11 is 8.26. The zero-order valence-corrected chi connectivity index (χ0v) is 7.77. The highest BCUT2D eigenvalue weighted by Gasteiger charge is 2.34. The Morgan fingerprint density at radius 2 is 2.45 bits per heavy atom. The molecule has 0 saturated heterocycles. The Hall–Kier alpha value is -0.150. The van der Waals surface area contributed by atoms with Gasteiger partial charge in [0.15, 0.2) is 4.58 Å². The third-order valence-electron chi connectivity index (χ3n) is 1.38. The molecule has 0 amide bonds. The van der Waals surface area contributed by atoms with Crippen molar-refractivity contribution in [3.05, 3.63) is 23.3 Å². The summed E-state index contributed by atoms with van der Waals surface area (Å²) in [7, 11) is 0. The van der Waals surface area contributed by atoms with Crippen molar-refractivity contribution in [2.75, 3.05) is 0 Å². The van der Waals surface area contributed by atoms with E-state index in [2.05, 4.69) is 15.9 Å². The van der Waals surface area contributed by atoms with Gasteiger partial charge in [-0.1, -0.05) is 17.7 Å². The van der Waals surface area contributed by atoms with Gasteiger partial charge in [-0.25, -0.2) is 4.39 Å². The van der Waals surface area contributed by atoms with Crippen molar-refractivity contribution in [2.45, 2.75) is 4.58 Å². The lowest BCUT2D eigenvalue weighted by molar-refractivity contribution is -0.111. The topological polar surface area (TPSA) is 17.1 Å². The molecule has 1 aliphatic carbocycles. The molecular weight excluding hydrogens is 234 g/mol. The van der Waals surface area contributed by atoms with Crippen LogP contribution in [0, 0.1) is 5.92 Å². The highest BCUT2D eigenvalue weighted by Crippen LogP contribution is 2.36. The molecule has 60 valence electrons. The summed E-state index contributed by atoms with van der Waals surface area (Å²) in [5.41, 5.74) is 0. The van der Waals surface area contributed by atoms with Crippen molar-refractivity contribution in [3.8, 4) is 0 Å². The normalized spacial score (nSPS) is 36.6. The Kier molecular flexibility index (Phi) is 2.50. The van der Waals surface area contributed by atoms with Crippen LogP contribution in [0.25, 0.3) is 0 Å². The molecule has 0 heterocycles. The van der Waals surface area contributed by atoms with Crippen LogP contribution in [0.1, 0.15) is 0 Å². The summed E-state index contributed by atoms with van der Waals surface area (Å²) in [6.07, 6.45) is 4.61. The maximum Gasteiger partial charge on any atom is 0.197 e. The first-order chi connectivity index (χ1) is 5.06. The molecule has 1 nitrogen and oxygen atoms in total. The van der Waals surface area contributed by atoms with Crippen molar-refractivity contribution in [3.63, 3.8) is 0 Å². The molecule has 0 aromatic rings. The number of carbonyl (C=O) groups is 1. The number of alkyl halides is 2. The molecule has 11 heavy (non-hydrogen) atoms. The van der Waals surface area contributed by atoms with Gasteiger partial charge in [0.1, 0.15) is 6.29 Å². The number of halogens is 3. The van der Waals surface area contributed by atoms with E-state index in [0.29, 0.717) is 11.3 Å². The molecule has 0 radical (unpaired) electrons. The van der Waals surface area contributed by atoms with Gasteiger partial charge in [-0.15, -0.1) is 0 Å². The van der Waals surface area contributed by atoms with E-state index >= 15 is 0 Å². The molecule has 0 spiro atoms. The van der Waals surface area contributed by atoms with E-state index in [1.54, 1.807) is 0 Å². The summed E-state index contributed by atoms with van der Waals surface area (Å²) in [6.45, 7) is 0. The van der Waals surface area contributed by atoms with E-state index in [0.717, 1.165) is 6.08 Å². The van der Waals surface area contributed by atoms with Crippen molar-refractivity contribution in [1.82, 2.24) is 0 Å². The van der Waals surface area contributed by atoms with Crippen LogP contribution >= 0.6 is 27.5 Å². The molecule has 1 rings (SSSR count). The molecule has 0 N–H and O–H groups in total. The summed E-state index contributed by atoms with van der Waals surface area (Å²) in [5, 5.41) is 0.294. The van der Waals surface area contributed by atoms with E-state index in [9.17, 15) is 9.18 Å². The lowest BCUT2D eigenvalue weighted by atomic mass is 10.0. The molecule has 0 bridgehead atoms. The third-order valence-corrected chi connectivity index (χ3v) is 2.38. The number of rotatable bonds is 1. The maximum absolute atomic E-state index is 13.3. The second-order valence-corrected chi connectivity index (χ2v) is 3.88. The smallest absolute Gasteiger partial charge is 0.197 e. The van der Waals surface area contributed by atoms with Gasteiger partial charge in [0.05, 0.1) is 5.92 Å². The van der Waals surface area contributed by atoms with Gasteiger partial charge in [0, 0.05) is 5.03 Å². The van der Waals surface area contributed by atoms with E-state index in [1.165, 1.54) is 12.2 Å². The van der Waals surface area contributed by atoms with Crippen molar-refractivity contribution < 1.29 is 9.18 Å². The van der Waals surface area contributed by atoms with Gasteiger partial charge in [-0.3, -0.25) is 0 Å². The second kappa shape index (κ2) is 3.07. The van der Waals surface area contributed by atoms with Crippen LogP contribution in [0.2, 0.25) is 0 Å². The van der Waals surface area contributed by atoms with Crippen LogP contribution < -0.4 is 0 Å². The summed E-state index contributed by atoms with van der Waals surface area (Å²) < 4.78 is 11.4. The first kappa shape index (κ1) is 8.94. The average Bonchev–Trinajstić information content (AvgIpc) is 1.85. The van der Waals surface area contributed by atoms with Crippen molar-refractivity contribution in [1.29, 1.82) is 0 Å². The predicted octanol–water partition coefficient (Wildman–Crippen LogP) is 2.55. The van der Waals surface area contributed by atoms with Gasteiger partial charge in [-0.05, 0) is 28.1 Å². The Morgan fingerprint density at radius 3 is 2.91 bits per heavy atom. The molecule has 0 aliphatic heterocycles. The Bertz CT molecular complexity index is 235. The van der Waals surface area contributed by atoms with Crippen LogP contribution in [0.15, 0.2) is 23.3 Å². The van der Waals surface area contributed by atoms with Crippen molar-refractivity contribution in [2.24, 2.45) is 5.92 Å². The fourth-order valence-electron chi connectivity index (χ4n) is 0.788. The summed E-state index contributed by atoms with van der Waals surface area (Å²) in [4.78, 5) is 10.3. The Morgan fingerprint density at radius 1 is 1.82 bits per heavy atom. The highest BCUT2D eigenvalue weighted by atomic mass is 79.9. The maximum atomic E-state index is 13.3. The Balaban J connectivity index is 2.92. The molecule has 0 aromatic carbocycles. The van der Waals surface area contributed by atoms with Crippen LogP contribution in [-0.2, 0) is 4.79 Å². The van der Waals surface area contributed by atoms with Crippen LogP contribution in [0.3, 0.4) is 0 Å². The van der Waals surface area contributed by atoms with Gasteiger partial charge in [0.2, 0.25) is 0 Å². The number of aldehydes is 1. The van der Waals surface area contributed by atoms with E-state index in [-0.39, 0.29) is 0 Å². The minimum absolute atomic E-state index is 0.294. The van der Waals surface area contributed by atoms with Gasteiger partial charge in [0.25, 0.3) is 0 Å². The largest absolute Gasteiger partial charge is 0.303 e. The van der Waals surface area contributed by atoms with Crippen LogP contribution in [0.4, 0.5) is 4.39 Å².